The lowest BCUT2D eigenvalue weighted by Crippen LogP contribution is -2.86. The van der Waals surface area contributed by atoms with E-state index in [1.165, 1.54) is 0 Å². The van der Waals surface area contributed by atoms with Gasteiger partial charge in [0, 0.05) is 0 Å². The molecule has 3 nitrogen and oxygen atoms in total. The zero-order valence-corrected chi connectivity index (χ0v) is 9.76. The Morgan fingerprint density at radius 3 is 2.80 bits per heavy atom. The highest BCUT2D eigenvalue weighted by Gasteiger charge is 2.04. The van der Waals surface area contributed by atoms with Gasteiger partial charge in [0.05, 0.1) is 18.2 Å². The first kappa shape index (κ1) is 12.6. The molecular formula is C10H14Cl2NO2+. The molecule has 0 aromatic heterocycles. The minimum absolute atomic E-state index is 0.178. The number of nitrogens with two attached hydrogens (primary N) is 1. The van der Waals surface area contributed by atoms with E-state index in [2.05, 4.69) is 0 Å². The fraction of sp³-hybridized carbons (Fsp3) is 0.400. The second-order valence-electron chi connectivity index (χ2n) is 2.99. The van der Waals surface area contributed by atoms with Gasteiger partial charge in [0.2, 0.25) is 0 Å². The second-order valence-corrected chi connectivity index (χ2v) is 3.78. The number of benzene rings is 1. The van der Waals surface area contributed by atoms with Gasteiger partial charge in [0.15, 0.2) is 0 Å². The molecule has 5 heteroatoms. The molecule has 0 radical (unpaired) electrons. The number of quaternary nitrogens is 1. The van der Waals surface area contributed by atoms with E-state index in [1.54, 1.807) is 18.2 Å². The Hall–Kier alpha value is -0.480. The van der Waals surface area contributed by atoms with Crippen molar-refractivity contribution in [1.29, 1.82) is 0 Å². The van der Waals surface area contributed by atoms with Crippen molar-refractivity contribution in [2.24, 2.45) is 0 Å². The molecule has 0 unspecified atom stereocenters. The molecule has 0 atom stereocenters. The molecule has 1 rings (SSSR count). The Bertz CT molecular complexity index is 307. The van der Waals surface area contributed by atoms with Crippen LogP contribution >= 0.6 is 23.2 Å². The van der Waals surface area contributed by atoms with Gasteiger partial charge in [-0.2, -0.15) is 0 Å². The molecule has 0 fully saturated rings. The highest BCUT2D eigenvalue weighted by Crippen LogP contribution is 2.31. The molecule has 0 aliphatic rings. The van der Waals surface area contributed by atoms with E-state index in [9.17, 15) is 0 Å². The van der Waals surface area contributed by atoms with E-state index in [-0.39, 0.29) is 6.61 Å². The minimum Gasteiger partial charge on any atom is -0.486 e. The van der Waals surface area contributed by atoms with Gasteiger partial charge in [-0.3, -0.25) is 0 Å². The van der Waals surface area contributed by atoms with Gasteiger partial charge in [-0.25, -0.2) is 0 Å². The van der Waals surface area contributed by atoms with Crippen molar-refractivity contribution in [3.8, 4) is 5.75 Å². The SMILES string of the molecule is OCC[NH2+]CCOc1cccc(Cl)c1Cl. The van der Waals surface area contributed by atoms with Crippen molar-refractivity contribution < 1.29 is 15.2 Å². The average molecular weight is 251 g/mol. The van der Waals surface area contributed by atoms with Crippen molar-refractivity contribution >= 4 is 23.2 Å². The maximum Gasteiger partial charge on any atom is 0.139 e. The Morgan fingerprint density at radius 2 is 2.07 bits per heavy atom. The Labute approximate surface area is 99.0 Å². The quantitative estimate of drug-likeness (QED) is 0.739. The lowest BCUT2D eigenvalue weighted by molar-refractivity contribution is -0.656. The van der Waals surface area contributed by atoms with Gasteiger partial charge in [0.25, 0.3) is 0 Å². The largest absolute Gasteiger partial charge is 0.486 e. The lowest BCUT2D eigenvalue weighted by atomic mass is 10.3. The minimum atomic E-state index is 0.178. The molecule has 0 bridgehead atoms. The maximum atomic E-state index is 8.55. The third kappa shape index (κ3) is 4.26. The predicted molar refractivity (Wildman–Crippen MR) is 60.7 cm³/mol. The van der Waals surface area contributed by atoms with Crippen LogP contribution in [0.25, 0.3) is 0 Å². The normalized spacial score (nSPS) is 10.3. The first-order valence-electron chi connectivity index (χ1n) is 4.75. The number of hydrogen-bond donors (Lipinski definition) is 2. The topological polar surface area (TPSA) is 46.1 Å². The molecule has 0 saturated carbocycles. The molecule has 0 heterocycles. The standard InChI is InChI=1S/C10H13Cl2NO2/c11-8-2-1-3-9(10(8)12)15-7-5-13-4-6-14/h1-3,13-14H,4-7H2/p+1. The molecule has 1 aromatic rings. The molecule has 0 spiro atoms. The van der Waals surface area contributed by atoms with Crippen LogP contribution in [0.15, 0.2) is 18.2 Å². The fourth-order valence-corrected chi connectivity index (χ4v) is 1.43. The zero-order chi connectivity index (χ0) is 11.1. The molecule has 0 saturated heterocycles. The summed E-state index contributed by atoms with van der Waals surface area (Å²) in [6, 6.07) is 5.29. The maximum absolute atomic E-state index is 8.55. The molecule has 0 amide bonds. The number of hydrogen-bond acceptors (Lipinski definition) is 2. The summed E-state index contributed by atoms with van der Waals surface area (Å²) < 4.78 is 5.43. The van der Waals surface area contributed by atoms with Gasteiger partial charge < -0.3 is 15.2 Å². The molecule has 84 valence electrons. The van der Waals surface area contributed by atoms with E-state index >= 15 is 0 Å². The Kier molecular flexibility index (Phi) is 5.79. The summed E-state index contributed by atoms with van der Waals surface area (Å²) in [5, 5.41) is 11.5. The Balaban J connectivity index is 2.34. The first-order chi connectivity index (χ1) is 7.25. The fourth-order valence-electron chi connectivity index (χ4n) is 1.08. The third-order valence-corrected chi connectivity index (χ3v) is 2.63. The van der Waals surface area contributed by atoms with E-state index in [4.69, 9.17) is 33.0 Å². The van der Waals surface area contributed by atoms with Crippen molar-refractivity contribution in [2.45, 2.75) is 0 Å². The molecule has 0 aliphatic carbocycles. The van der Waals surface area contributed by atoms with Crippen LogP contribution in [-0.4, -0.2) is 31.4 Å². The predicted octanol–water partition coefficient (Wildman–Crippen LogP) is 0.928. The third-order valence-electron chi connectivity index (χ3n) is 1.83. The molecule has 15 heavy (non-hydrogen) atoms. The lowest BCUT2D eigenvalue weighted by Gasteiger charge is -2.07. The summed E-state index contributed by atoms with van der Waals surface area (Å²) in [7, 11) is 0. The molecule has 3 N–H and O–H groups in total. The molecule has 0 aliphatic heterocycles. The summed E-state index contributed by atoms with van der Waals surface area (Å²) >= 11 is 11.7. The molecule has 1 aromatic carbocycles. The number of aliphatic hydroxyl groups is 1. The van der Waals surface area contributed by atoms with Crippen LogP contribution in [0.2, 0.25) is 10.0 Å². The summed E-state index contributed by atoms with van der Waals surface area (Å²) in [5.41, 5.74) is 0. The Morgan fingerprint density at radius 1 is 1.27 bits per heavy atom. The van der Waals surface area contributed by atoms with E-state index in [0.29, 0.717) is 28.9 Å². The number of ether oxygens (including phenoxy) is 1. The molecular weight excluding hydrogens is 237 g/mol. The van der Waals surface area contributed by atoms with Gasteiger partial charge in [-0.1, -0.05) is 29.3 Å². The number of aliphatic hydroxyl groups excluding tert-OH is 1. The van der Waals surface area contributed by atoms with Crippen LogP contribution in [0.4, 0.5) is 0 Å². The van der Waals surface area contributed by atoms with Gasteiger partial charge in [0.1, 0.15) is 23.9 Å². The average Bonchev–Trinajstić information content (AvgIpc) is 2.24. The van der Waals surface area contributed by atoms with E-state index in [1.807, 2.05) is 5.32 Å². The first-order valence-corrected chi connectivity index (χ1v) is 5.50. The van der Waals surface area contributed by atoms with Crippen molar-refractivity contribution in [3.05, 3.63) is 28.2 Å². The van der Waals surface area contributed by atoms with Crippen molar-refractivity contribution in [2.75, 3.05) is 26.3 Å². The zero-order valence-electron chi connectivity index (χ0n) is 8.25. The highest BCUT2D eigenvalue weighted by molar-refractivity contribution is 6.42. The van der Waals surface area contributed by atoms with Crippen LogP contribution in [0.5, 0.6) is 5.75 Å². The van der Waals surface area contributed by atoms with Crippen molar-refractivity contribution in [3.63, 3.8) is 0 Å². The van der Waals surface area contributed by atoms with Crippen LogP contribution in [0.1, 0.15) is 0 Å². The highest BCUT2D eigenvalue weighted by atomic mass is 35.5. The summed E-state index contributed by atoms with van der Waals surface area (Å²) in [5.74, 6) is 0.599. The summed E-state index contributed by atoms with van der Waals surface area (Å²) in [4.78, 5) is 0. The summed E-state index contributed by atoms with van der Waals surface area (Å²) in [6.45, 7) is 2.19. The smallest absolute Gasteiger partial charge is 0.139 e. The van der Waals surface area contributed by atoms with Crippen LogP contribution in [0, 0.1) is 0 Å². The van der Waals surface area contributed by atoms with Gasteiger partial charge in [-0.05, 0) is 12.1 Å². The van der Waals surface area contributed by atoms with Gasteiger partial charge in [-0.15, -0.1) is 0 Å². The number of rotatable bonds is 6. The van der Waals surface area contributed by atoms with Gasteiger partial charge >= 0.3 is 0 Å². The monoisotopic (exact) mass is 250 g/mol. The van der Waals surface area contributed by atoms with Crippen molar-refractivity contribution in [1.82, 2.24) is 0 Å². The van der Waals surface area contributed by atoms with E-state index in [0.717, 1.165) is 6.54 Å². The van der Waals surface area contributed by atoms with Crippen LogP contribution < -0.4 is 10.1 Å². The summed E-state index contributed by atoms with van der Waals surface area (Å²) in [6.07, 6.45) is 0. The number of halogens is 2. The van der Waals surface area contributed by atoms with Crippen LogP contribution in [-0.2, 0) is 0 Å². The van der Waals surface area contributed by atoms with Crippen LogP contribution in [0.3, 0.4) is 0 Å². The second kappa shape index (κ2) is 6.90. The van der Waals surface area contributed by atoms with E-state index < -0.39 is 0 Å².